The van der Waals surface area contributed by atoms with Crippen molar-refractivity contribution in [2.75, 3.05) is 5.88 Å². The lowest BCUT2D eigenvalue weighted by molar-refractivity contribution is -0.110. The fraction of sp³-hybridized carbons (Fsp3) is 0.400. The van der Waals surface area contributed by atoms with Gasteiger partial charge in [-0.2, -0.15) is 0 Å². The summed E-state index contributed by atoms with van der Waals surface area (Å²) in [5.74, 6) is 0.736. The molecule has 1 heterocycles. The average molecular weight is 228 g/mol. The number of thioether (sulfide) groups is 1. The van der Waals surface area contributed by atoms with E-state index >= 15 is 0 Å². The van der Waals surface area contributed by atoms with Crippen LogP contribution in [-0.4, -0.2) is 22.7 Å². The Hall–Kier alpha value is -0.540. The summed E-state index contributed by atoms with van der Waals surface area (Å²) in [4.78, 5) is 16.6. The van der Waals surface area contributed by atoms with Gasteiger partial charge in [0.25, 0.3) is 0 Å². The first-order chi connectivity index (χ1) is 6.79. The van der Waals surface area contributed by atoms with E-state index in [2.05, 4.69) is 4.99 Å². The Morgan fingerprint density at radius 3 is 3.14 bits per heavy atom. The van der Waals surface area contributed by atoms with Gasteiger partial charge in [0, 0.05) is 16.9 Å². The molecule has 0 spiro atoms. The van der Waals surface area contributed by atoms with E-state index in [1.807, 2.05) is 0 Å². The first kappa shape index (κ1) is 9.99. The molecular formula is C10H10ClNOS. The number of fused-ring (bicyclic) bond motifs is 1. The number of aliphatic imine (C=N–C) groups is 1. The highest BCUT2D eigenvalue weighted by Gasteiger charge is 2.23. The van der Waals surface area contributed by atoms with E-state index in [9.17, 15) is 4.79 Å². The van der Waals surface area contributed by atoms with Crippen molar-refractivity contribution in [2.45, 2.75) is 18.2 Å². The molecule has 0 aromatic carbocycles. The lowest BCUT2D eigenvalue weighted by Gasteiger charge is -2.03. The minimum absolute atomic E-state index is 0.0597. The number of nitrogens with zero attached hydrogens (tertiary/aromatic N) is 1. The average Bonchev–Trinajstić information content (AvgIpc) is 2.56. The van der Waals surface area contributed by atoms with Gasteiger partial charge in [0.1, 0.15) is 5.37 Å². The SMILES string of the molecule is O=C1C=CC2=NC(CCCCl)SC2=C1. The lowest BCUT2D eigenvalue weighted by atomic mass is 10.1. The number of hydrogen-bond donors (Lipinski definition) is 0. The first-order valence-corrected chi connectivity index (χ1v) is 5.95. The van der Waals surface area contributed by atoms with Gasteiger partial charge in [0.15, 0.2) is 5.78 Å². The van der Waals surface area contributed by atoms with Crippen LogP contribution >= 0.6 is 23.4 Å². The maximum absolute atomic E-state index is 11.1. The fourth-order valence-corrected chi connectivity index (χ4v) is 2.72. The largest absolute Gasteiger partial charge is 0.290 e. The molecule has 2 nitrogen and oxygen atoms in total. The molecular weight excluding hydrogens is 218 g/mol. The second-order valence-corrected chi connectivity index (χ2v) is 4.76. The Balaban J connectivity index is 2.05. The number of carbonyl (C=O) groups excluding carboxylic acids is 1. The molecule has 1 unspecified atom stereocenters. The smallest absolute Gasteiger partial charge is 0.179 e. The van der Waals surface area contributed by atoms with Crippen molar-refractivity contribution >= 4 is 34.9 Å². The summed E-state index contributed by atoms with van der Waals surface area (Å²) in [6.07, 6.45) is 6.97. The van der Waals surface area contributed by atoms with Gasteiger partial charge in [-0.05, 0) is 25.0 Å². The Morgan fingerprint density at radius 1 is 1.50 bits per heavy atom. The topological polar surface area (TPSA) is 29.4 Å². The highest BCUT2D eigenvalue weighted by atomic mass is 35.5. The zero-order chi connectivity index (χ0) is 9.97. The molecule has 14 heavy (non-hydrogen) atoms. The molecule has 1 aliphatic heterocycles. The Bertz CT molecular complexity index is 346. The third kappa shape index (κ3) is 2.10. The van der Waals surface area contributed by atoms with Crippen LogP contribution in [0.25, 0.3) is 0 Å². The van der Waals surface area contributed by atoms with Crippen LogP contribution < -0.4 is 0 Å². The summed E-state index contributed by atoms with van der Waals surface area (Å²) >= 11 is 7.28. The molecule has 4 heteroatoms. The third-order valence-electron chi connectivity index (χ3n) is 2.06. The zero-order valence-corrected chi connectivity index (χ0v) is 9.14. The third-order valence-corrected chi connectivity index (χ3v) is 3.52. The first-order valence-electron chi connectivity index (χ1n) is 4.54. The van der Waals surface area contributed by atoms with Crippen molar-refractivity contribution < 1.29 is 4.79 Å². The Labute approximate surface area is 92.1 Å². The molecule has 2 rings (SSSR count). The summed E-state index contributed by atoms with van der Waals surface area (Å²) in [7, 11) is 0. The van der Waals surface area contributed by atoms with E-state index in [-0.39, 0.29) is 11.2 Å². The number of carbonyl (C=O) groups is 1. The van der Waals surface area contributed by atoms with Crippen molar-refractivity contribution in [1.29, 1.82) is 0 Å². The Morgan fingerprint density at radius 2 is 2.36 bits per heavy atom. The van der Waals surface area contributed by atoms with Gasteiger partial charge < -0.3 is 0 Å². The summed E-state index contributed by atoms with van der Waals surface area (Å²) in [6, 6.07) is 0. The fourth-order valence-electron chi connectivity index (χ4n) is 1.40. The number of hydrogen-bond acceptors (Lipinski definition) is 3. The summed E-state index contributed by atoms with van der Waals surface area (Å²) < 4.78 is 0. The highest BCUT2D eigenvalue weighted by molar-refractivity contribution is 8.05. The number of ketones is 1. The van der Waals surface area contributed by atoms with Crippen LogP contribution in [0.2, 0.25) is 0 Å². The van der Waals surface area contributed by atoms with E-state index in [0.29, 0.717) is 5.88 Å². The molecule has 0 saturated heterocycles. The quantitative estimate of drug-likeness (QED) is 0.548. The molecule has 74 valence electrons. The number of alkyl halides is 1. The molecule has 1 atom stereocenters. The van der Waals surface area contributed by atoms with Crippen molar-refractivity contribution in [2.24, 2.45) is 4.99 Å². The second kappa shape index (κ2) is 4.32. The van der Waals surface area contributed by atoms with E-state index in [0.717, 1.165) is 23.5 Å². The van der Waals surface area contributed by atoms with Gasteiger partial charge in [-0.15, -0.1) is 11.6 Å². The maximum Gasteiger partial charge on any atom is 0.179 e. The van der Waals surface area contributed by atoms with Gasteiger partial charge in [0.05, 0.1) is 5.71 Å². The summed E-state index contributed by atoms with van der Waals surface area (Å²) in [5, 5.41) is 0.255. The van der Waals surface area contributed by atoms with Crippen LogP contribution in [0.4, 0.5) is 0 Å². The minimum atomic E-state index is 0.0597. The van der Waals surface area contributed by atoms with Gasteiger partial charge in [-0.25, -0.2) is 0 Å². The monoisotopic (exact) mass is 227 g/mol. The number of rotatable bonds is 3. The summed E-state index contributed by atoms with van der Waals surface area (Å²) in [6.45, 7) is 0. The molecule has 0 fully saturated rings. The highest BCUT2D eigenvalue weighted by Crippen LogP contribution is 2.35. The standard InChI is InChI=1S/C10H10ClNOS/c11-5-1-2-10-12-8-4-3-7(13)6-9(8)14-10/h3-4,6,10H,1-2,5H2. The molecule has 0 aromatic heterocycles. The van der Waals surface area contributed by atoms with E-state index < -0.39 is 0 Å². The molecule has 0 amide bonds. The van der Waals surface area contributed by atoms with Crippen molar-refractivity contribution in [1.82, 2.24) is 0 Å². The van der Waals surface area contributed by atoms with E-state index in [4.69, 9.17) is 11.6 Å². The van der Waals surface area contributed by atoms with Crippen LogP contribution in [0.15, 0.2) is 28.1 Å². The maximum atomic E-state index is 11.1. The van der Waals surface area contributed by atoms with E-state index in [1.165, 1.54) is 0 Å². The van der Waals surface area contributed by atoms with Crippen LogP contribution in [0, 0.1) is 0 Å². The van der Waals surface area contributed by atoms with Gasteiger partial charge in [-0.3, -0.25) is 9.79 Å². The zero-order valence-electron chi connectivity index (χ0n) is 7.57. The molecule has 0 radical (unpaired) electrons. The van der Waals surface area contributed by atoms with Crippen LogP contribution in [0.1, 0.15) is 12.8 Å². The molecule has 0 aromatic rings. The van der Waals surface area contributed by atoms with Gasteiger partial charge in [0.2, 0.25) is 0 Å². The molecule has 2 aliphatic rings. The lowest BCUT2D eigenvalue weighted by Crippen LogP contribution is -2.01. The predicted octanol–water partition coefficient (Wildman–Crippen LogP) is 2.54. The van der Waals surface area contributed by atoms with E-state index in [1.54, 1.807) is 30.0 Å². The molecule has 0 saturated carbocycles. The van der Waals surface area contributed by atoms with Crippen molar-refractivity contribution in [3.05, 3.63) is 23.1 Å². The normalized spacial score (nSPS) is 24.6. The number of allylic oxidation sites excluding steroid dienone is 4. The van der Waals surface area contributed by atoms with Gasteiger partial charge in [-0.1, -0.05) is 11.8 Å². The summed E-state index contributed by atoms with van der Waals surface area (Å²) in [5.41, 5.74) is 0.953. The van der Waals surface area contributed by atoms with Crippen molar-refractivity contribution in [3.63, 3.8) is 0 Å². The molecule has 0 N–H and O–H groups in total. The van der Waals surface area contributed by atoms with Crippen LogP contribution in [0.3, 0.4) is 0 Å². The van der Waals surface area contributed by atoms with Crippen LogP contribution in [-0.2, 0) is 4.79 Å². The van der Waals surface area contributed by atoms with Crippen LogP contribution in [0.5, 0.6) is 0 Å². The number of halogens is 1. The Kier molecular flexibility index (Phi) is 3.08. The van der Waals surface area contributed by atoms with Gasteiger partial charge >= 0.3 is 0 Å². The molecule has 0 bridgehead atoms. The second-order valence-electron chi connectivity index (χ2n) is 3.16. The van der Waals surface area contributed by atoms with Crippen molar-refractivity contribution in [3.8, 4) is 0 Å². The predicted molar refractivity (Wildman–Crippen MR) is 61.0 cm³/mol. The molecule has 1 aliphatic carbocycles. The minimum Gasteiger partial charge on any atom is -0.290 e.